The Morgan fingerprint density at radius 2 is 1.53 bits per heavy atom. The van der Waals surface area contributed by atoms with Gasteiger partial charge in [-0.3, -0.25) is 0 Å². The lowest BCUT2D eigenvalue weighted by atomic mass is 10.0. The predicted molar refractivity (Wildman–Crippen MR) is 59.7 cm³/mol. The number of pyridine rings is 1. The maximum Gasteiger partial charge on any atom is 0.187 e. The van der Waals surface area contributed by atoms with E-state index in [1.165, 1.54) is 28.8 Å². The molecule has 1 aromatic heterocycles. The van der Waals surface area contributed by atoms with Crippen LogP contribution < -0.4 is 4.98 Å². The summed E-state index contributed by atoms with van der Waals surface area (Å²) >= 11 is 0. The Kier molecular flexibility index (Phi) is 2.02. The minimum atomic E-state index is 1.05. The highest BCUT2D eigenvalue weighted by atomic mass is 14.7. The first kappa shape index (κ1) is 8.66. The zero-order valence-electron chi connectivity index (χ0n) is 8.66. The van der Waals surface area contributed by atoms with Crippen LogP contribution in [-0.4, -0.2) is 0 Å². The molecule has 1 nitrogen and oxygen atoms in total. The molecule has 0 aliphatic heterocycles. The number of hydrogen-bond donors (Lipinski definition) is 0. The van der Waals surface area contributed by atoms with E-state index in [-0.39, 0.29) is 0 Å². The highest BCUT2D eigenvalue weighted by Crippen LogP contribution is 2.21. The summed E-state index contributed by atoms with van der Waals surface area (Å²) < 4.78 is 0. The van der Waals surface area contributed by atoms with Crippen LogP contribution in [0.5, 0.6) is 0 Å². The molecular formula is C14H14N+. The number of aromatic amines is 1. The molecule has 0 spiro atoms. The van der Waals surface area contributed by atoms with E-state index in [2.05, 4.69) is 41.4 Å². The number of fused-ring (bicyclic) bond motifs is 2. The fourth-order valence-electron chi connectivity index (χ4n) is 2.34. The van der Waals surface area contributed by atoms with Crippen LogP contribution in [0.2, 0.25) is 0 Å². The van der Waals surface area contributed by atoms with Gasteiger partial charge >= 0.3 is 0 Å². The van der Waals surface area contributed by atoms with Crippen LogP contribution in [-0.2, 0) is 19.3 Å². The molecule has 0 saturated carbocycles. The summed E-state index contributed by atoms with van der Waals surface area (Å²) in [5.41, 5.74) is 5.82. The largest absolute Gasteiger partial charge is 0.215 e. The van der Waals surface area contributed by atoms with Gasteiger partial charge in [-0.1, -0.05) is 24.3 Å². The van der Waals surface area contributed by atoms with Crippen molar-refractivity contribution in [2.24, 2.45) is 0 Å². The number of aryl methyl sites for hydroxylation is 2. The first-order valence-corrected chi connectivity index (χ1v) is 5.49. The van der Waals surface area contributed by atoms with Crippen LogP contribution in [0.25, 0.3) is 0 Å². The van der Waals surface area contributed by atoms with E-state index in [0.717, 1.165) is 12.8 Å². The maximum absolute atomic E-state index is 3.37. The second-order valence-corrected chi connectivity index (χ2v) is 4.12. The minimum absolute atomic E-state index is 1.05. The van der Waals surface area contributed by atoms with Gasteiger partial charge in [0.15, 0.2) is 11.9 Å². The summed E-state index contributed by atoms with van der Waals surface area (Å²) in [4.78, 5) is 3.37. The summed E-state index contributed by atoms with van der Waals surface area (Å²) in [5.74, 6) is 0. The molecule has 74 valence electrons. The summed E-state index contributed by atoms with van der Waals surface area (Å²) in [6.45, 7) is 0. The van der Waals surface area contributed by atoms with E-state index in [0.29, 0.717) is 0 Å². The molecule has 1 aromatic carbocycles. The standard InChI is InChI=1S/C14H13N/c1-2-5-13-10-14-12(6-3-9-15-14)8-7-11(13)4-1/h1-6,9H,7-8,10H2/p+1. The number of benzene rings is 1. The van der Waals surface area contributed by atoms with Crippen molar-refractivity contribution in [1.29, 1.82) is 0 Å². The SMILES string of the molecule is c1ccc2c(c1)CCc1ccc[nH+]c1C2. The van der Waals surface area contributed by atoms with Crippen molar-refractivity contribution in [3.8, 4) is 0 Å². The second kappa shape index (κ2) is 3.50. The molecule has 0 bridgehead atoms. The van der Waals surface area contributed by atoms with Crippen LogP contribution in [0.1, 0.15) is 22.4 Å². The summed E-state index contributed by atoms with van der Waals surface area (Å²) in [6.07, 6.45) is 5.39. The molecule has 0 radical (unpaired) electrons. The Hall–Kier alpha value is -1.63. The smallest absolute Gasteiger partial charge is 0.187 e. The normalized spacial score (nSPS) is 13.9. The molecule has 1 heterocycles. The average molecular weight is 196 g/mol. The van der Waals surface area contributed by atoms with Crippen molar-refractivity contribution in [1.82, 2.24) is 0 Å². The Bertz CT molecular complexity index is 443. The third kappa shape index (κ3) is 1.54. The monoisotopic (exact) mass is 196 g/mol. The van der Waals surface area contributed by atoms with Gasteiger partial charge in [0.1, 0.15) is 0 Å². The van der Waals surface area contributed by atoms with Gasteiger partial charge < -0.3 is 0 Å². The molecule has 0 saturated heterocycles. The highest BCUT2D eigenvalue weighted by Gasteiger charge is 2.16. The van der Waals surface area contributed by atoms with Crippen LogP contribution in [0, 0.1) is 0 Å². The van der Waals surface area contributed by atoms with Gasteiger partial charge in [0.25, 0.3) is 0 Å². The number of H-pyrrole nitrogens is 1. The van der Waals surface area contributed by atoms with Gasteiger partial charge in [-0.2, -0.15) is 0 Å². The molecule has 1 N–H and O–H groups in total. The van der Waals surface area contributed by atoms with Crippen LogP contribution >= 0.6 is 0 Å². The lowest BCUT2D eigenvalue weighted by molar-refractivity contribution is -0.390. The molecule has 1 aliphatic rings. The zero-order valence-corrected chi connectivity index (χ0v) is 8.66. The molecule has 1 heteroatoms. The molecule has 1 aliphatic carbocycles. The van der Waals surface area contributed by atoms with Gasteiger partial charge in [-0.15, -0.1) is 0 Å². The molecule has 15 heavy (non-hydrogen) atoms. The van der Waals surface area contributed by atoms with E-state index in [4.69, 9.17) is 0 Å². The van der Waals surface area contributed by atoms with E-state index in [9.17, 15) is 0 Å². The molecule has 2 aromatic rings. The maximum atomic E-state index is 3.37. The van der Waals surface area contributed by atoms with E-state index in [1.807, 2.05) is 6.20 Å². The summed E-state index contributed by atoms with van der Waals surface area (Å²) in [6, 6.07) is 13.1. The topological polar surface area (TPSA) is 14.1 Å². The molecule has 0 fully saturated rings. The van der Waals surface area contributed by atoms with Gasteiger partial charge in [0.2, 0.25) is 0 Å². The Morgan fingerprint density at radius 3 is 2.47 bits per heavy atom. The third-order valence-corrected chi connectivity index (χ3v) is 3.19. The summed E-state index contributed by atoms with van der Waals surface area (Å²) in [5, 5.41) is 0. The molecule has 0 amide bonds. The van der Waals surface area contributed by atoms with Crippen molar-refractivity contribution in [2.75, 3.05) is 0 Å². The molecule has 0 unspecified atom stereocenters. The Labute approximate surface area is 89.8 Å². The van der Waals surface area contributed by atoms with Crippen molar-refractivity contribution < 1.29 is 4.98 Å². The van der Waals surface area contributed by atoms with E-state index < -0.39 is 0 Å². The zero-order chi connectivity index (χ0) is 10.1. The lowest BCUT2D eigenvalue weighted by Gasteiger charge is -2.01. The number of hydrogen-bond acceptors (Lipinski definition) is 0. The van der Waals surface area contributed by atoms with Gasteiger partial charge in [-0.05, 0) is 30.0 Å². The van der Waals surface area contributed by atoms with Crippen molar-refractivity contribution >= 4 is 0 Å². The molecular weight excluding hydrogens is 182 g/mol. The number of rotatable bonds is 0. The lowest BCUT2D eigenvalue weighted by Crippen LogP contribution is -2.12. The first-order valence-electron chi connectivity index (χ1n) is 5.49. The van der Waals surface area contributed by atoms with Crippen LogP contribution in [0.3, 0.4) is 0 Å². The van der Waals surface area contributed by atoms with Crippen LogP contribution in [0.15, 0.2) is 42.6 Å². The molecule has 0 atom stereocenters. The van der Waals surface area contributed by atoms with Gasteiger partial charge in [0.05, 0.1) is 6.42 Å². The van der Waals surface area contributed by atoms with Crippen LogP contribution in [0.4, 0.5) is 0 Å². The van der Waals surface area contributed by atoms with Crippen molar-refractivity contribution in [3.63, 3.8) is 0 Å². The number of aromatic nitrogens is 1. The molecule has 3 rings (SSSR count). The predicted octanol–water partition coefficient (Wildman–Crippen LogP) is 2.19. The van der Waals surface area contributed by atoms with Gasteiger partial charge in [-0.25, -0.2) is 4.98 Å². The van der Waals surface area contributed by atoms with E-state index in [1.54, 1.807) is 0 Å². The Balaban J connectivity index is 2.10. The average Bonchev–Trinajstić information content (AvgIpc) is 2.48. The number of nitrogens with one attached hydrogen (secondary N) is 1. The first-order chi connectivity index (χ1) is 7.43. The second-order valence-electron chi connectivity index (χ2n) is 4.12. The van der Waals surface area contributed by atoms with Crippen molar-refractivity contribution in [3.05, 3.63) is 65.0 Å². The fourth-order valence-corrected chi connectivity index (χ4v) is 2.34. The quantitative estimate of drug-likeness (QED) is 0.613. The van der Waals surface area contributed by atoms with E-state index >= 15 is 0 Å². The Morgan fingerprint density at radius 1 is 0.800 bits per heavy atom. The fraction of sp³-hybridized carbons (Fsp3) is 0.214. The third-order valence-electron chi connectivity index (χ3n) is 3.19. The highest BCUT2D eigenvalue weighted by molar-refractivity contribution is 5.35. The van der Waals surface area contributed by atoms with Crippen molar-refractivity contribution in [2.45, 2.75) is 19.3 Å². The minimum Gasteiger partial charge on any atom is -0.215 e. The van der Waals surface area contributed by atoms with Gasteiger partial charge in [0, 0.05) is 11.6 Å². The summed E-state index contributed by atoms with van der Waals surface area (Å²) in [7, 11) is 0.